The second-order valence-corrected chi connectivity index (χ2v) is 9.88. The number of carbonyl (C=O) groups excluding carboxylic acids is 1. The Bertz CT molecular complexity index is 708. The Morgan fingerprint density at radius 2 is 1.81 bits per heavy atom. The highest BCUT2D eigenvalue weighted by Crippen LogP contribution is 2.26. The molecule has 6 nitrogen and oxygen atoms in total. The summed E-state index contributed by atoms with van der Waals surface area (Å²) < 4.78 is 25.8. The fourth-order valence-electron chi connectivity index (χ4n) is 3.32. The molecule has 0 spiro atoms. The molecule has 1 aromatic carbocycles. The van der Waals surface area contributed by atoms with Gasteiger partial charge in [-0.1, -0.05) is 20.8 Å². The number of carbonyl (C=O) groups is 1. The highest BCUT2D eigenvalue weighted by Gasteiger charge is 2.19. The van der Waals surface area contributed by atoms with Crippen molar-refractivity contribution in [2.45, 2.75) is 40.0 Å². The summed E-state index contributed by atoms with van der Waals surface area (Å²) >= 11 is 0. The molecule has 2 rings (SSSR count). The molecule has 0 unspecified atom stereocenters. The van der Waals surface area contributed by atoms with Crippen molar-refractivity contribution in [2.75, 3.05) is 41.6 Å². The van der Waals surface area contributed by atoms with E-state index in [-0.39, 0.29) is 18.4 Å². The van der Waals surface area contributed by atoms with Gasteiger partial charge in [0.05, 0.1) is 18.5 Å². The Kier molecular flexibility index (Phi) is 7.53. The van der Waals surface area contributed by atoms with Gasteiger partial charge in [0.2, 0.25) is 15.9 Å². The van der Waals surface area contributed by atoms with E-state index >= 15 is 0 Å². The highest BCUT2D eigenvalue weighted by molar-refractivity contribution is 7.92. The van der Waals surface area contributed by atoms with Crippen LogP contribution >= 0.6 is 0 Å². The molecule has 1 N–H and O–H groups in total. The maximum absolute atomic E-state index is 12.2. The first-order chi connectivity index (χ1) is 12.7. The second kappa shape index (κ2) is 9.44. The van der Waals surface area contributed by atoms with Crippen LogP contribution < -0.4 is 14.5 Å². The van der Waals surface area contributed by atoms with Crippen LogP contribution in [0.25, 0.3) is 0 Å². The zero-order chi connectivity index (χ0) is 20.0. The van der Waals surface area contributed by atoms with Crippen LogP contribution in [0.3, 0.4) is 0 Å². The van der Waals surface area contributed by atoms with Gasteiger partial charge in [0.25, 0.3) is 0 Å². The Hall–Kier alpha value is -1.76. The Labute approximate surface area is 164 Å². The number of sulfonamides is 1. The van der Waals surface area contributed by atoms with Crippen molar-refractivity contribution in [1.29, 1.82) is 0 Å². The smallest absolute Gasteiger partial charge is 0.232 e. The third-order valence-electron chi connectivity index (χ3n) is 4.92. The number of nitrogens with one attached hydrogen (secondary N) is 1. The molecular formula is C20H33N3O3S. The molecule has 0 atom stereocenters. The molecule has 1 saturated heterocycles. The lowest BCUT2D eigenvalue weighted by Gasteiger charge is -2.32. The maximum Gasteiger partial charge on any atom is 0.232 e. The van der Waals surface area contributed by atoms with Crippen LogP contribution in [-0.4, -0.2) is 46.8 Å². The van der Waals surface area contributed by atoms with E-state index in [1.165, 1.54) is 23.4 Å². The van der Waals surface area contributed by atoms with Crippen LogP contribution in [0, 0.1) is 11.8 Å². The van der Waals surface area contributed by atoms with E-state index in [2.05, 4.69) is 17.1 Å². The van der Waals surface area contributed by atoms with Gasteiger partial charge in [-0.2, -0.15) is 0 Å². The van der Waals surface area contributed by atoms with Gasteiger partial charge < -0.3 is 10.2 Å². The average molecular weight is 396 g/mol. The molecule has 0 aromatic heterocycles. The molecule has 1 fully saturated rings. The van der Waals surface area contributed by atoms with Crippen molar-refractivity contribution in [3.05, 3.63) is 24.3 Å². The largest absolute Gasteiger partial charge is 0.372 e. The monoisotopic (exact) mass is 395 g/mol. The number of rotatable bonds is 8. The molecule has 1 aromatic rings. The highest BCUT2D eigenvalue weighted by atomic mass is 32.2. The minimum Gasteiger partial charge on any atom is -0.372 e. The van der Waals surface area contributed by atoms with Gasteiger partial charge in [-0.15, -0.1) is 0 Å². The lowest BCUT2D eigenvalue weighted by Crippen LogP contribution is -2.38. The summed E-state index contributed by atoms with van der Waals surface area (Å²) in [6, 6.07) is 7.68. The van der Waals surface area contributed by atoms with Gasteiger partial charge in [-0.25, -0.2) is 8.42 Å². The van der Waals surface area contributed by atoms with Crippen LogP contribution in [0.1, 0.15) is 40.0 Å². The summed E-state index contributed by atoms with van der Waals surface area (Å²) in [4.78, 5) is 14.1. The van der Waals surface area contributed by atoms with E-state index in [1.54, 1.807) is 0 Å². The molecule has 152 valence electrons. The van der Waals surface area contributed by atoms with E-state index in [9.17, 15) is 13.2 Å². The summed E-state index contributed by atoms with van der Waals surface area (Å²) in [5.41, 5.74) is 1.76. The summed E-state index contributed by atoms with van der Waals surface area (Å²) in [5, 5.41) is 2.80. The van der Waals surface area contributed by atoms with Crippen molar-refractivity contribution in [2.24, 2.45) is 11.8 Å². The fraction of sp³-hybridized carbons (Fsp3) is 0.650. The van der Waals surface area contributed by atoms with E-state index in [0.29, 0.717) is 18.7 Å². The number of benzene rings is 1. The predicted octanol–water partition coefficient (Wildman–Crippen LogP) is 2.85. The molecular weight excluding hydrogens is 362 g/mol. The molecule has 7 heteroatoms. The van der Waals surface area contributed by atoms with Crippen molar-refractivity contribution in [3.63, 3.8) is 0 Å². The molecule has 0 aliphatic carbocycles. The van der Waals surface area contributed by atoms with Crippen LogP contribution in [0.4, 0.5) is 11.4 Å². The standard InChI is InChI=1S/C20H33N3O3S/c1-16(2)15-20(24)21-11-14-23(27(4,25)26)19-7-5-18(6-8-19)22-12-9-17(3)10-13-22/h5-8,16-17H,9-15H2,1-4H3,(H,21,24). The Balaban J connectivity index is 2.01. The minimum absolute atomic E-state index is 0.0480. The van der Waals surface area contributed by atoms with Crippen molar-refractivity contribution in [3.8, 4) is 0 Å². The molecule has 0 radical (unpaired) electrons. The van der Waals surface area contributed by atoms with Gasteiger partial charge in [0, 0.05) is 31.7 Å². The number of hydrogen-bond acceptors (Lipinski definition) is 4. The minimum atomic E-state index is -3.42. The quantitative estimate of drug-likeness (QED) is 0.735. The first-order valence-electron chi connectivity index (χ1n) is 9.76. The van der Waals surface area contributed by atoms with Crippen LogP contribution in [-0.2, 0) is 14.8 Å². The van der Waals surface area contributed by atoms with Gasteiger partial charge in [-0.3, -0.25) is 9.10 Å². The molecule has 0 saturated carbocycles. The van der Waals surface area contributed by atoms with Gasteiger partial charge in [0.1, 0.15) is 0 Å². The maximum atomic E-state index is 12.2. The topological polar surface area (TPSA) is 69.7 Å². The van der Waals surface area contributed by atoms with E-state index in [4.69, 9.17) is 0 Å². The van der Waals surface area contributed by atoms with Gasteiger partial charge in [0.15, 0.2) is 0 Å². The second-order valence-electron chi connectivity index (χ2n) is 7.97. The predicted molar refractivity (Wildman–Crippen MR) is 112 cm³/mol. The van der Waals surface area contributed by atoms with Crippen molar-refractivity contribution < 1.29 is 13.2 Å². The first-order valence-corrected chi connectivity index (χ1v) is 11.6. The summed E-state index contributed by atoms with van der Waals surface area (Å²) in [5.74, 6) is 1.00. The van der Waals surface area contributed by atoms with Crippen molar-refractivity contribution in [1.82, 2.24) is 5.32 Å². The number of amides is 1. The zero-order valence-corrected chi connectivity index (χ0v) is 17.8. The van der Waals surface area contributed by atoms with Crippen LogP contribution in [0.2, 0.25) is 0 Å². The SMILES string of the molecule is CC(C)CC(=O)NCCN(c1ccc(N2CCC(C)CC2)cc1)S(C)(=O)=O. The number of anilines is 2. The molecule has 1 aliphatic rings. The molecule has 0 bridgehead atoms. The number of piperidine rings is 1. The summed E-state index contributed by atoms with van der Waals surface area (Å²) in [6.07, 6.45) is 4.02. The number of hydrogen-bond donors (Lipinski definition) is 1. The summed E-state index contributed by atoms with van der Waals surface area (Å²) in [7, 11) is -3.42. The Morgan fingerprint density at radius 1 is 1.22 bits per heavy atom. The average Bonchev–Trinajstić information content (AvgIpc) is 2.58. The van der Waals surface area contributed by atoms with Gasteiger partial charge >= 0.3 is 0 Å². The summed E-state index contributed by atoms with van der Waals surface area (Å²) in [6.45, 7) is 8.84. The van der Waals surface area contributed by atoms with E-state index in [1.807, 2.05) is 38.1 Å². The fourth-order valence-corrected chi connectivity index (χ4v) is 4.25. The Morgan fingerprint density at radius 3 is 2.33 bits per heavy atom. The zero-order valence-electron chi connectivity index (χ0n) is 16.9. The third kappa shape index (κ3) is 6.72. The van der Waals surface area contributed by atoms with E-state index in [0.717, 1.165) is 24.7 Å². The first kappa shape index (κ1) is 21.5. The lowest BCUT2D eigenvalue weighted by molar-refractivity contribution is -0.121. The van der Waals surface area contributed by atoms with Crippen LogP contribution in [0.5, 0.6) is 0 Å². The van der Waals surface area contributed by atoms with Gasteiger partial charge in [-0.05, 0) is 48.9 Å². The molecule has 1 amide bonds. The molecule has 1 aliphatic heterocycles. The lowest BCUT2D eigenvalue weighted by atomic mass is 9.99. The molecule has 27 heavy (non-hydrogen) atoms. The van der Waals surface area contributed by atoms with E-state index < -0.39 is 10.0 Å². The van der Waals surface area contributed by atoms with Crippen molar-refractivity contribution >= 4 is 27.3 Å². The normalized spacial score (nSPS) is 15.8. The number of nitrogens with zero attached hydrogens (tertiary/aromatic N) is 2. The third-order valence-corrected chi connectivity index (χ3v) is 6.11. The molecule has 1 heterocycles. The van der Waals surface area contributed by atoms with Crippen LogP contribution in [0.15, 0.2) is 24.3 Å².